The topological polar surface area (TPSA) is 88.0 Å². The van der Waals surface area contributed by atoms with Crippen molar-refractivity contribution in [2.45, 2.75) is 25.4 Å². The largest absolute Gasteiger partial charge is 0.459 e. The van der Waals surface area contributed by atoms with Crippen LogP contribution in [0.3, 0.4) is 0 Å². The highest BCUT2D eigenvalue weighted by molar-refractivity contribution is 5.75. The maximum absolute atomic E-state index is 11.2. The van der Waals surface area contributed by atoms with Crippen LogP contribution >= 0.6 is 0 Å². The van der Waals surface area contributed by atoms with E-state index >= 15 is 0 Å². The van der Waals surface area contributed by atoms with E-state index < -0.39 is 18.5 Å². The summed E-state index contributed by atoms with van der Waals surface area (Å²) < 4.78 is 11.1. The Bertz CT molecular complexity index is 488. The zero-order valence-corrected chi connectivity index (χ0v) is 11.0. The van der Waals surface area contributed by atoms with Gasteiger partial charge in [0.15, 0.2) is 0 Å². The Morgan fingerprint density at radius 3 is 2.70 bits per heavy atom. The maximum Gasteiger partial charge on any atom is 0.241 e. The summed E-state index contributed by atoms with van der Waals surface area (Å²) in [6.07, 6.45) is -1.26. The highest BCUT2D eigenvalue weighted by Gasteiger charge is 2.32. The lowest BCUT2D eigenvalue weighted by molar-refractivity contribution is -0.153. The zero-order valence-electron chi connectivity index (χ0n) is 11.0. The van der Waals surface area contributed by atoms with Crippen molar-refractivity contribution in [3.8, 4) is 5.75 Å². The smallest absolute Gasteiger partial charge is 0.241 e. The molecule has 2 rings (SSSR count). The second kappa shape index (κ2) is 6.51. The predicted octanol–water partition coefficient (Wildman–Crippen LogP) is 0.163. The second-order valence-corrected chi connectivity index (χ2v) is 4.41. The standard InChI is InChI=1S/C14H17NO5/c1-9(17)15-11-7-12(18)13(8-16)20-14(11)19-10-5-3-2-4-6-10/h2-7,12-14,16,18H,8H2,1H3,(H,15,17). The first-order chi connectivity index (χ1) is 9.60. The van der Waals surface area contributed by atoms with Gasteiger partial charge >= 0.3 is 0 Å². The van der Waals surface area contributed by atoms with E-state index in [0.29, 0.717) is 11.4 Å². The van der Waals surface area contributed by atoms with Gasteiger partial charge in [0.2, 0.25) is 12.2 Å². The number of aliphatic hydroxyl groups is 2. The Morgan fingerprint density at radius 1 is 1.40 bits per heavy atom. The molecule has 6 heteroatoms. The van der Waals surface area contributed by atoms with Crippen molar-refractivity contribution < 1.29 is 24.5 Å². The third-order valence-electron chi connectivity index (χ3n) is 2.77. The molecule has 3 unspecified atom stereocenters. The number of ether oxygens (including phenoxy) is 2. The van der Waals surface area contributed by atoms with E-state index in [9.17, 15) is 9.90 Å². The summed E-state index contributed by atoms with van der Waals surface area (Å²) in [5.41, 5.74) is 0.318. The van der Waals surface area contributed by atoms with Crippen LogP contribution in [0.4, 0.5) is 0 Å². The molecule has 3 atom stereocenters. The minimum atomic E-state index is -1.00. The van der Waals surface area contributed by atoms with Gasteiger partial charge in [0, 0.05) is 6.92 Å². The molecule has 0 fully saturated rings. The van der Waals surface area contributed by atoms with Crippen molar-refractivity contribution in [3.63, 3.8) is 0 Å². The number of nitrogens with one attached hydrogen (secondary N) is 1. The molecule has 0 saturated carbocycles. The van der Waals surface area contributed by atoms with Crippen LogP contribution in [0.5, 0.6) is 5.75 Å². The first kappa shape index (κ1) is 14.5. The maximum atomic E-state index is 11.2. The van der Waals surface area contributed by atoms with Crippen molar-refractivity contribution in [2.75, 3.05) is 6.61 Å². The first-order valence-electron chi connectivity index (χ1n) is 6.25. The number of rotatable bonds is 4. The molecule has 20 heavy (non-hydrogen) atoms. The van der Waals surface area contributed by atoms with Gasteiger partial charge in [0.05, 0.1) is 12.3 Å². The molecule has 1 amide bonds. The van der Waals surface area contributed by atoms with Gasteiger partial charge in [-0.1, -0.05) is 18.2 Å². The summed E-state index contributed by atoms with van der Waals surface area (Å²) >= 11 is 0. The number of amides is 1. The highest BCUT2D eigenvalue weighted by Crippen LogP contribution is 2.22. The summed E-state index contributed by atoms with van der Waals surface area (Å²) in [5.74, 6) is 0.262. The molecule has 0 radical (unpaired) electrons. The molecule has 6 nitrogen and oxygen atoms in total. The van der Waals surface area contributed by atoms with Gasteiger partial charge < -0.3 is 25.0 Å². The molecule has 0 spiro atoms. The number of carbonyl (C=O) groups is 1. The second-order valence-electron chi connectivity index (χ2n) is 4.41. The molecule has 1 aliphatic rings. The number of hydrogen-bond acceptors (Lipinski definition) is 5. The lowest BCUT2D eigenvalue weighted by Crippen LogP contribution is -2.46. The summed E-state index contributed by atoms with van der Waals surface area (Å²) in [6.45, 7) is 1.00. The molecular weight excluding hydrogens is 262 g/mol. The number of para-hydroxylation sites is 1. The van der Waals surface area contributed by atoms with Crippen LogP contribution < -0.4 is 10.1 Å². The van der Waals surface area contributed by atoms with Crippen LogP contribution in [0.25, 0.3) is 0 Å². The van der Waals surface area contributed by atoms with Gasteiger partial charge in [-0.3, -0.25) is 4.79 Å². The van der Waals surface area contributed by atoms with Crippen molar-refractivity contribution >= 4 is 5.91 Å². The predicted molar refractivity (Wildman–Crippen MR) is 70.7 cm³/mol. The summed E-state index contributed by atoms with van der Waals surface area (Å²) in [7, 11) is 0. The van der Waals surface area contributed by atoms with Crippen LogP contribution in [-0.4, -0.2) is 41.2 Å². The van der Waals surface area contributed by atoms with E-state index in [1.54, 1.807) is 24.3 Å². The summed E-state index contributed by atoms with van der Waals surface area (Å²) in [6, 6.07) is 8.94. The van der Waals surface area contributed by atoms with Crippen LogP contribution in [-0.2, 0) is 9.53 Å². The molecule has 0 aliphatic carbocycles. The van der Waals surface area contributed by atoms with Gasteiger partial charge in [0.1, 0.15) is 18.0 Å². The van der Waals surface area contributed by atoms with E-state index in [1.165, 1.54) is 13.0 Å². The zero-order chi connectivity index (χ0) is 14.5. The minimum Gasteiger partial charge on any atom is -0.459 e. The number of benzene rings is 1. The minimum absolute atomic E-state index is 0.295. The highest BCUT2D eigenvalue weighted by atomic mass is 16.7. The molecule has 0 aromatic heterocycles. The van der Waals surface area contributed by atoms with Gasteiger partial charge in [-0.25, -0.2) is 0 Å². The molecule has 1 aliphatic heterocycles. The fourth-order valence-corrected chi connectivity index (χ4v) is 1.85. The van der Waals surface area contributed by atoms with E-state index in [-0.39, 0.29) is 12.5 Å². The quantitative estimate of drug-likeness (QED) is 0.731. The third kappa shape index (κ3) is 3.57. The molecule has 1 aromatic carbocycles. The van der Waals surface area contributed by atoms with E-state index in [1.807, 2.05) is 6.07 Å². The van der Waals surface area contributed by atoms with Crippen molar-refractivity contribution in [2.24, 2.45) is 0 Å². The van der Waals surface area contributed by atoms with Gasteiger partial charge in [-0.15, -0.1) is 0 Å². The Balaban J connectivity index is 2.18. The van der Waals surface area contributed by atoms with Crippen LogP contribution in [0.15, 0.2) is 42.1 Å². The number of hydrogen-bond donors (Lipinski definition) is 3. The molecule has 1 aromatic rings. The van der Waals surface area contributed by atoms with Gasteiger partial charge in [-0.05, 0) is 18.2 Å². The molecule has 108 valence electrons. The summed E-state index contributed by atoms with van der Waals surface area (Å²) in [5, 5.41) is 21.5. The van der Waals surface area contributed by atoms with E-state index in [4.69, 9.17) is 14.6 Å². The van der Waals surface area contributed by atoms with E-state index in [2.05, 4.69) is 5.32 Å². The Labute approximate surface area is 116 Å². The average Bonchev–Trinajstić information content (AvgIpc) is 2.42. The first-order valence-corrected chi connectivity index (χ1v) is 6.25. The Kier molecular flexibility index (Phi) is 4.73. The fraction of sp³-hybridized carbons (Fsp3) is 0.357. The van der Waals surface area contributed by atoms with Crippen molar-refractivity contribution in [1.82, 2.24) is 5.32 Å². The lowest BCUT2D eigenvalue weighted by atomic mass is 10.1. The van der Waals surface area contributed by atoms with Crippen LogP contribution in [0.2, 0.25) is 0 Å². The number of aliphatic hydroxyl groups excluding tert-OH is 2. The fourth-order valence-electron chi connectivity index (χ4n) is 1.85. The van der Waals surface area contributed by atoms with Crippen LogP contribution in [0, 0.1) is 0 Å². The molecular formula is C14H17NO5. The average molecular weight is 279 g/mol. The van der Waals surface area contributed by atoms with Gasteiger partial charge in [0.25, 0.3) is 0 Å². The third-order valence-corrected chi connectivity index (χ3v) is 2.77. The normalized spacial score (nSPS) is 25.8. The van der Waals surface area contributed by atoms with Gasteiger partial charge in [-0.2, -0.15) is 0 Å². The lowest BCUT2D eigenvalue weighted by Gasteiger charge is -2.32. The van der Waals surface area contributed by atoms with Crippen molar-refractivity contribution in [1.29, 1.82) is 0 Å². The Morgan fingerprint density at radius 2 is 2.10 bits per heavy atom. The summed E-state index contributed by atoms with van der Waals surface area (Å²) in [4.78, 5) is 11.2. The molecule has 0 bridgehead atoms. The van der Waals surface area contributed by atoms with Crippen LogP contribution in [0.1, 0.15) is 6.92 Å². The molecule has 3 N–H and O–H groups in total. The van der Waals surface area contributed by atoms with E-state index in [0.717, 1.165) is 0 Å². The molecule has 0 saturated heterocycles. The molecule has 1 heterocycles. The monoisotopic (exact) mass is 279 g/mol. The van der Waals surface area contributed by atoms with Crippen molar-refractivity contribution in [3.05, 3.63) is 42.1 Å². The Hall–Kier alpha value is -1.89. The number of carbonyl (C=O) groups excluding carboxylic acids is 1. The SMILES string of the molecule is CC(=O)NC1=CC(O)C(CO)OC1Oc1ccccc1.